The number of carbonyl (C=O) groups excluding carboxylic acids is 2. The van der Waals surface area contributed by atoms with Gasteiger partial charge in [-0.1, -0.05) is 30.3 Å². The lowest BCUT2D eigenvalue weighted by molar-refractivity contribution is -0.384. The summed E-state index contributed by atoms with van der Waals surface area (Å²) >= 11 is 0. The molecule has 8 heteroatoms. The molecule has 27 heavy (non-hydrogen) atoms. The SMILES string of the molecule is CCOC(=O)C[C@H](Cc1ccc([N+](=O)[O-])cc1)NC(=O)Oc1ccccc1. The Hall–Kier alpha value is -3.42. The molecule has 1 N–H and O–H groups in total. The van der Waals surface area contributed by atoms with Gasteiger partial charge in [0.25, 0.3) is 5.69 Å². The summed E-state index contributed by atoms with van der Waals surface area (Å²) in [5.74, 6) is -0.0790. The summed E-state index contributed by atoms with van der Waals surface area (Å²) in [6, 6.07) is 13.9. The topological polar surface area (TPSA) is 108 Å². The molecular weight excluding hydrogens is 352 g/mol. The minimum Gasteiger partial charge on any atom is -0.466 e. The molecule has 142 valence electrons. The fraction of sp³-hybridized carbons (Fsp3) is 0.263. The summed E-state index contributed by atoms with van der Waals surface area (Å²) in [5.41, 5.74) is 0.701. The average molecular weight is 372 g/mol. The number of rotatable bonds is 8. The fourth-order valence-corrected chi connectivity index (χ4v) is 2.43. The number of benzene rings is 2. The van der Waals surface area contributed by atoms with Crippen molar-refractivity contribution in [2.75, 3.05) is 6.61 Å². The van der Waals surface area contributed by atoms with Crippen LogP contribution in [0.15, 0.2) is 54.6 Å². The fourth-order valence-electron chi connectivity index (χ4n) is 2.43. The van der Waals surface area contributed by atoms with Crippen LogP contribution in [0.3, 0.4) is 0 Å². The van der Waals surface area contributed by atoms with Gasteiger partial charge < -0.3 is 14.8 Å². The monoisotopic (exact) mass is 372 g/mol. The molecule has 0 bridgehead atoms. The lowest BCUT2D eigenvalue weighted by atomic mass is 10.0. The first-order valence-electron chi connectivity index (χ1n) is 8.40. The van der Waals surface area contributed by atoms with Gasteiger partial charge in [-0.2, -0.15) is 0 Å². The molecule has 0 aliphatic rings. The number of carbonyl (C=O) groups is 2. The number of hydrogen-bond donors (Lipinski definition) is 1. The maximum atomic E-state index is 12.1. The number of nitro benzene ring substituents is 1. The molecule has 0 saturated carbocycles. The molecule has 8 nitrogen and oxygen atoms in total. The molecule has 0 unspecified atom stereocenters. The summed E-state index contributed by atoms with van der Waals surface area (Å²) in [6.45, 7) is 1.93. The number of para-hydroxylation sites is 1. The second-order valence-electron chi connectivity index (χ2n) is 5.68. The van der Waals surface area contributed by atoms with Crippen LogP contribution in [0.5, 0.6) is 5.75 Å². The Balaban J connectivity index is 2.04. The van der Waals surface area contributed by atoms with Crippen molar-refractivity contribution in [2.24, 2.45) is 0 Å². The highest BCUT2D eigenvalue weighted by Crippen LogP contribution is 2.15. The van der Waals surface area contributed by atoms with E-state index < -0.39 is 23.0 Å². The number of nitrogens with zero attached hydrogens (tertiary/aromatic N) is 1. The van der Waals surface area contributed by atoms with E-state index in [1.165, 1.54) is 12.1 Å². The summed E-state index contributed by atoms with van der Waals surface area (Å²) in [7, 11) is 0. The molecule has 0 aromatic heterocycles. The summed E-state index contributed by atoms with van der Waals surface area (Å²) in [5, 5.41) is 13.4. The second-order valence-corrected chi connectivity index (χ2v) is 5.68. The van der Waals surface area contributed by atoms with E-state index in [0.717, 1.165) is 5.56 Å². The molecule has 0 spiro atoms. The standard InChI is InChI=1S/C19H20N2O6/c1-2-26-18(22)13-15(12-14-8-10-16(11-9-14)21(24)25)20-19(23)27-17-6-4-3-5-7-17/h3-11,15H,2,12-13H2,1H3,(H,20,23)/t15-/m0/s1. The van der Waals surface area contributed by atoms with Crippen LogP contribution in [-0.4, -0.2) is 29.6 Å². The Bertz CT molecular complexity index is 777. The van der Waals surface area contributed by atoms with Crippen LogP contribution in [0.1, 0.15) is 18.9 Å². The Morgan fingerprint density at radius 3 is 2.37 bits per heavy atom. The van der Waals surface area contributed by atoms with Gasteiger partial charge in [-0.15, -0.1) is 0 Å². The molecular formula is C19H20N2O6. The number of hydrogen-bond acceptors (Lipinski definition) is 6. The van der Waals surface area contributed by atoms with E-state index in [1.54, 1.807) is 49.4 Å². The smallest absolute Gasteiger partial charge is 0.412 e. The molecule has 1 atom stereocenters. The first-order chi connectivity index (χ1) is 13.0. The quantitative estimate of drug-likeness (QED) is 0.433. The van der Waals surface area contributed by atoms with E-state index in [2.05, 4.69) is 5.32 Å². The highest BCUT2D eigenvalue weighted by Gasteiger charge is 2.19. The van der Waals surface area contributed by atoms with Crippen molar-refractivity contribution in [1.29, 1.82) is 0 Å². The Morgan fingerprint density at radius 2 is 1.78 bits per heavy atom. The number of nitro groups is 1. The summed E-state index contributed by atoms with van der Waals surface area (Å²) < 4.78 is 10.1. The minimum absolute atomic E-state index is 0.0304. The minimum atomic E-state index is -0.697. The largest absolute Gasteiger partial charge is 0.466 e. The zero-order valence-corrected chi connectivity index (χ0v) is 14.8. The Kier molecular flexibility index (Phi) is 7.30. The van der Waals surface area contributed by atoms with Crippen molar-refractivity contribution in [1.82, 2.24) is 5.32 Å². The lowest BCUT2D eigenvalue weighted by Crippen LogP contribution is -2.40. The van der Waals surface area contributed by atoms with Crippen molar-refractivity contribution in [2.45, 2.75) is 25.8 Å². The second kappa shape index (κ2) is 9.91. The lowest BCUT2D eigenvalue weighted by Gasteiger charge is -2.18. The van der Waals surface area contributed by atoms with Gasteiger partial charge in [-0.05, 0) is 31.0 Å². The van der Waals surface area contributed by atoms with Crippen LogP contribution in [0.4, 0.5) is 10.5 Å². The van der Waals surface area contributed by atoms with Gasteiger partial charge in [0.1, 0.15) is 5.75 Å². The number of nitrogens with one attached hydrogen (secondary N) is 1. The van der Waals surface area contributed by atoms with E-state index >= 15 is 0 Å². The van der Waals surface area contributed by atoms with Crippen LogP contribution in [-0.2, 0) is 16.0 Å². The number of esters is 1. The number of ether oxygens (including phenoxy) is 2. The number of amides is 1. The summed E-state index contributed by atoms with van der Waals surface area (Å²) in [4.78, 5) is 34.2. The van der Waals surface area contributed by atoms with Gasteiger partial charge in [0.2, 0.25) is 0 Å². The van der Waals surface area contributed by atoms with Crippen molar-refractivity contribution in [3.05, 3.63) is 70.3 Å². The Morgan fingerprint density at radius 1 is 1.11 bits per heavy atom. The van der Waals surface area contributed by atoms with Gasteiger partial charge >= 0.3 is 12.1 Å². The highest BCUT2D eigenvalue weighted by atomic mass is 16.6. The Labute approximate surface area is 156 Å². The molecule has 0 saturated heterocycles. The normalized spacial score (nSPS) is 11.3. The van der Waals surface area contributed by atoms with Crippen molar-refractivity contribution >= 4 is 17.7 Å². The molecule has 0 fully saturated rings. The number of non-ortho nitro benzene ring substituents is 1. The first kappa shape index (κ1) is 19.9. The molecule has 0 aliphatic carbocycles. The molecule has 2 rings (SSSR count). The van der Waals surface area contributed by atoms with Gasteiger partial charge in [0.15, 0.2) is 0 Å². The molecule has 2 aromatic rings. The third-order valence-electron chi connectivity index (χ3n) is 3.62. The maximum absolute atomic E-state index is 12.1. The van der Waals surface area contributed by atoms with Gasteiger partial charge in [-0.3, -0.25) is 14.9 Å². The third kappa shape index (κ3) is 6.77. The van der Waals surface area contributed by atoms with E-state index in [1.807, 2.05) is 0 Å². The zero-order valence-electron chi connectivity index (χ0n) is 14.8. The van der Waals surface area contributed by atoms with Crippen molar-refractivity contribution in [3.63, 3.8) is 0 Å². The van der Waals surface area contributed by atoms with E-state index in [9.17, 15) is 19.7 Å². The van der Waals surface area contributed by atoms with E-state index in [0.29, 0.717) is 12.2 Å². The third-order valence-corrected chi connectivity index (χ3v) is 3.62. The molecule has 0 heterocycles. The first-order valence-corrected chi connectivity index (χ1v) is 8.40. The van der Waals surface area contributed by atoms with Gasteiger partial charge in [-0.25, -0.2) is 4.79 Å². The maximum Gasteiger partial charge on any atom is 0.412 e. The van der Waals surface area contributed by atoms with Crippen LogP contribution < -0.4 is 10.1 Å². The van der Waals surface area contributed by atoms with Crippen LogP contribution >= 0.6 is 0 Å². The van der Waals surface area contributed by atoms with Crippen LogP contribution in [0, 0.1) is 10.1 Å². The van der Waals surface area contributed by atoms with Gasteiger partial charge in [0, 0.05) is 18.2 Å². The molecule has 2 aromatic carbocycles. The van der Waals surface area contributed by atoms with Crippen molar-refractivity contribution < 1.29 is 24.0 Å². The molecule has 0 radical (unpaired) electrons. The van der Waals surface area contributed by atoms with Crippen LogP contribution in [0.2, 0.25) is 0 Å². The predicted octanol–water partition coefficient (Wildman–Crippen LogP) is 3.25. The summed E-state index contributed by atoms with van der Waals surface area (Å²) in [6.07, 6.45) is -0.451. The molecule has 0 aliphatic heterocycles. The predicted molar refractivity (Wildman–Crippen MR) is 97.4 cm³/mol. The molecule has 1 amide bonds. The van der Waals surface area contributed by atoms with E-state index in [4.69, 9.17) is 9.47 Å². The van der Waals surface area contributed by atoms with E-state index in [-0.39, 0.29) is 18.7 Å². The zero-order chi connectivity index (χ0) is 19.6. The highest BCUT2D eigenvalue weighted by molar-refractivity contribution is 5.74. The van der Waals surface area contributed by atoms with Gasteiger partial charge in [0.05, 0.1) is 18.0 Å². The average Bonchev–Trinajstić information content (AvgIpc) is 2.63. The van der Waals surface area contributed by atoms with Crippen LogP contribution in [0.25, 0.3) is 0 Å². The van der Waals surface area contributed by atoms with Crippen molar-refractivity contribution in [3.8, 4) is 5.75 Å².